The quantitative estimate of drug-likeness (QED) is 0.571. The van der Waals surface area contributed by atoms with Crippen LogP contribution in [0.2, 0.25) is 0 Å². The van der Waals surface area contributed by atoms with Crippen LogP contribution >= 0.6 is 0 Å². The first-order valence-corrected chi connectivity index (χ1v) is 6.55. The lowest BCUT2D eigenvalue weighted by atomic mass is 10.0. The molecule has 0 amide bonds. The monoisotopic (exact) mass is 286 g/mol. The van der Waals surface area contributed by atoms with Gasteiger partial charge in [-0.2, -0.15) is 10.2 Å². The zero-order valence-corrected chi connectivity index (χ0v) is 11.7. The number of aromatic nitrogens is 2. The predicted octanol–water partition coefficient (Wildman–Crippen LogP) is 2.53. The second-order valence-electron chi connectivity index (χ2n) is 4.93. The van der Waals surface area contributed by atoms with Gasteiger partial charge in [-0.05, 0) is 32.0 Å². The van der Waals surface area contributed by atoms with Gasteiger partial charge in [0.25, 0.3) is 0 Å². The van der Waals surface area contributed by atoms with Gasteiger partial charge in [-0.1, -0.05) is 12.1 Å². The first-order chi connectivity index (χ1) is 10.1. The minimum absolute atomic E-state index is 0.226. The molecule has 2 heterocycles. The number of rotatable bonds is 3. The topological polar surface area (TPSA) is 77.0 Å². The van der Waals surface area contributed by atoms with E-state index in [1.807, 2.05) is 19.9 Å². The van der Waals surface area contributed by atoms with Crippen molar-refractivity contribution in [2.24, 2.45) is 5.84 Å². The van der Waals surface area contributed by atoms with Crippen LogP contribution in [0.3, 0.4) is 0 Å². The number of para-hydroxylation sites is 1. The number of hydrazine groups is 1. The van der Waals surface area contributed by atoms with Gasteiger partial charge in [0.05, 0.1) is 11.4 Å². The highest BCUT2D eigenvalue weighted by atomic mass is 19.1. The molecule has 0 aliphatic heterocycles. The number of aryl methyl sites for hydroxylation is 2. The molecule has 5 nitrogen and oxygen atoms in total. The summed E-state index contributed by atoms with van der Waals surface area (Å²) in [5, 5.41) is 8.78. The molecule has 0 aliphatic rings. The molecule has 0 aliphatic carbocycles. The number of halogens is 1. The highest BCUT2D eigenvalue weighted by Gasteiger charge is 2.21. The molecule has 1 unspecified atom stereocenters. The Morgan fingerprint density at radius 3 is 2.76 bits per heavy atom. The number of hydrogen-bond acceptors (Lipinski definition) is 5. The lowest BCUT2D eigenvalue weighted by Crippen LogP contribution is -2.29. The van der Waals surface area contributed by atoms with Crippen LogP contribution in [0.15, 0.2) is 34.7 Å². The third kappa shape index (κ3) is 2.39. The van der Waals surface area contributed by atoms with E-state index in [1.54, 1.807) is 18.2 Å². The number of benzene rings is 1. The molecule has 0 saturated heterocycles. The van der Waals surface area contributed by atoms with E-state index in [4.69, 9.17) is 10.3 Å². The third-order valence-corrected chi connectivity index (χ3v) is 3.42. The molecule has 6 heteroatoms. The molecule has 3 aromatic rings. The van der Waals surface area contributed by atoms with Crippen molar-refractivity contribution in [2.75, 3.05) is 0 Å². The summed E-state index contributed by atoms with van der Waals surface area (Å²) in [5.41, 5.74) is 5.29. The van der Waals surface area contributed by atoms with Crippen LogP contribution in [-0.2, 0) is 0 Å². The fourth-order valence-corrected chi connectivity index (χ4v) is 2.38. The maximum atomic E-state index is 13.7. The number of nitrogens with zero attached hydrogens (tertiary/aromatic N) is 2. The van der Waals surface area contributed by atoms with Crippen molar-refractivity contribution in [1.29, 1.82) is 0 Å². The SMILES string of the molecule is Cc1cc(C(NN)c2cc3cccc(F)c3o2)c(C)nn1. The highest BCUT2D eigenvalue weighted by Crippen LogP contribution is 2.30. The predicted molar refractivity (Wildman–Crippen MR) is 76.8 cm³/mol. The van der Waals surface area contributed by atoms with Crippen LogP contribution in [0, 0.1) is 19.7 Å². The standard InChI is InChI=1S/C15H15FN4O/c1-8-6-11(9(2)20-19-8)14(18-17)13-7-10-4-3-5-12(16)15(10)21-13/h3-7,14,18H,17H2,1-2H3. The van der Waals surface area contributed by atoms with Crippen LogP contribution in [0.5, 0.6) is 0 Å². The van der Waals surface area contributed by atoms with Crippen molar-refractivity contribution < 1.29 is 8.81 Å². The zero-order valence-electron chi connectivity index (χ0n) is 11.7. The van der Waals surface area contributed by atoms with Gasteiger partial charge in [-0.15, -0.1) is 0 Å². The van der Waals surface area contributed by atoms with Gasteiger partial charge < -0.3 is 4.42 Å². The van der Waals surface area contributed by atoms with Gasteiger partial charge in [0, 0.05) is 10.9 Å². The average Bonchev–Trinajstić information content (AvgIpc) is 2.89. The lowest BCUT2D eigenvalue weighted by Gasteiger charge is -2.15. The molecule has 108 valence electrons. The van der Waals surface area contributed by atoms with Crippen molar-refractivity contribution in [3.63, 3.8) is 0 Å². The van der Waals surface area contributed by atoms with Gasteiger partial charge in [-0.3, -0.25) is 5.84 Å². The molecule has 1 aromatic carbocycles. The Morgan fingerprint density at radius 2 is 2.05 bits per heavy atom. The molecule has 0 radical (unpaired) electrons. The van der Waals surface area contributed by atoms with E-state index in [-0.39, 0.29) is 5.58 Å². The molecule has 3 rings (SSSR count). The number of hydrogen-bond donors (Lipinski definition) is 2. The molecular formula is C15H15FN4O. The van der Waals surface area contributed by atoms with E-state index in [1.165, 1.54) is 6.07 Å². The van der Waals surface area contributed by atoms with Crippen molar-refractivity contribution in [1.82, 2.24) is 15.6 Å². The molecular weight excluding hydrogens is 271 g/mol. The van der Waals surface area contributed by atoms with Gasteiger partial charge >= 0.3 is 0 Å². The van der Waals surface area contributed by atoms with Gasteiger partial charge in [0.15, 0.2) is 11.4 Å². The molecule has 3 N–H and O–H groups in total. The molecule has 2 aromatic heterocycles. The summed E-state index contributed by atoms with van der Waals surface area (Å²) < 4.78 is 19.4. The van der Waals surface area contributed by atoms with Gasteiger partial charge in [0.2, 0.25) is 0 Å². The Balaban J connectivity index is 2.13. The Labute approximate surface area is 120 Å². The summed E-state index contributed by atoms with van der Waals surface area (Å²) >= 11 is 0. The molecule has 0 spiro atoms. The molecule has 0 fully saturated rings. The highest BCUT2D eigenvalue weighted by molar-refractivity contribution is 5.78. The fraction of sp³-hybridized carbons (Fsp3) is 0.200. The number of fused-ring (bicyclic) bond motifs is 1. The summed E-state index contributed by atoms with van der Waals surface area (Å²) in [7, 11) is 0. The van der Waals surface area contributed by atoms with E-state index in [0.717, 1.165) is 17.0 Å². The molecule has 1 atom stereocenters. The fourth-order valence-electron chi connectivity index (χ4n) is 2.38. The maximum Gasteiger partial charge on any atom is 0.169 e. The summed E-state index contributed by atoms with van der Waals surface area (Å²) in [4.78, 5) is 0. The smallest absolute Gasteiger partial charge is 0.169 e. The maximum absolute atomic E-state index is 13.7. The average molecular weight is 286 g/mol. The first kappa shape index (κ1) is 13.7. The summed E-state index contributed by atoms with van der Waals surface area (Å²) in [5.74, 6) is 5.81. The third-order valence-electron chi connectivity index (χ3n) is 3.42. The minimum atomic E-state index is -0.411. The van der Waals surface area contributed by atoms with Crippen LogP contribution in [0.1, 0.15) is 28.8 Å². The number of furan rings is 1. The van der Waals surface area contributed by atoms with Crippen molar-refractivity contribution in [3.05, 3.63) is 58.9 Å². The van der Waals surface area contributed by atoms with Crippen molar-refractivity contribution >= 4 is 11.0 Å². The second kappa shape index (κ2) is 5.23. The Hall–Kier alpha value is -2.31. The van der Waals surface area contributed by atoms with Crippen molar-refractivity contribution in [3.8, 4) is 0 Å². The van der Waals surface area contributed by atoms with E-state index >= 15 is 0 Å². The molecule has 0 saturated carbocycles. The summed E-state index contributed by atoms with van der Waals surface area (Å²) in [6, 6.07) is 8.05. The number of nitrogens with one attached hydrogen (secondary N) is 1. The van der Waals surface area contributed by atoms with Crippen LogP contribution < -0.4 is 11.3 Å². The van der Waals surface area contributed by atoms with Crippen LogP contribution in [0.25, 0.3) is 11.0 Å². The van der Waals surface area contributed by atoms with Crippen LogP contribution in [-0.4, -0.2) is 10.2 Å². The van der Waals surface area contributed by atoms with E-state index in [2.05, 4.69) is 15.6 Å². The summed E-state index contributed by atoms with van der Waals surface area (Å²) in [6.07, 6.45) is 0. The molecule has 0 bridgehead atoms. The Bertz CT molecular complexity index is 799. The van der Waals surface area contributed by atoms with E-state index in [0.29, 0.717) is 11.1 Å². The Morgan fingerprint density at radius 1 is 1.24 bits per heavy atom. The van der Waals surface area contributed by atoms with E-state index in [9.17, 15) is 4.39 Å². The van der Waals surface area contributed by atoms with E-state index < -0.39 is 11.9 Å². The Kier molecular flexibility index (Phi) is 3.40. The lowest BCUT2D eigenvalue weighted by molar-refractivity contribution is 0.462. The molecule has 21 heavy (non-hydrogen) atoms. The van der Waals surface area contributed by atoms with Gasteiger partial charge in [-0.25, -0.2) is 9.82 Å². The van der Waals surface area contributed by atoms with Crippen molar-refractivity contribution in [2.45, 2.75) is 19.9 Å². The number of nitrogens with two attached hydrogens (primary N) is 1. The van der Waals surface area contributed by atoms with Crippen LogP contribution in [0.4, 0.5) is 4.39 Å². The normalized spacial score (nSPS) is 12.8. The second-order valence-corrected chi connectivity index (χ2v) is 4.93. The summed E-state index contributed by atoms with van der Waals surface area (Å²) in [6.45, 7) is 3.69. The zero-order chi connectivity index (χ0) is 15.0. The minimum Gasteiger partial charge on any atom is -0.456 e. The first-order valence-electron chi connectivity index (χ1n) is 6.55. The largest absolute Gasteiger partial charge is 0.456 e. The van der Waals surface area contributed by atoms with Gasteiger partial charge in [0.1, 0.15) is 11.8 Å².